The summed E-state index contributed by atoms with van der Waals surface area (Å²) in [4.78, 5) is 29.3. The second-order valence-electron chi connectivity index (χ2n) is 6.00. The van der Waals surface area contributed by atoms with Crippen molar-refractivity contribution in [3.05, 3.63) is 11.5 Å². The molecule has 0 aromatic rings. The normalized spacial score (nSPS) is 17.8. The van der Waals surface area contributed by atoms with Gasteiger partial charge in [0.15, 0.2) is 0 Å². The second kappa shape index (κ2) is 10.00. The topological polar surface area (TPSA) is 107 Å². The molecule has 25 heavy (non-hydrogen) atoms. The first-order chi connectivity index (χ1) is 12.1. The Labute approximate surface area is 148 Å². The maximum absolute atomic E-state index is 12.2. The van der Waals surface area contributed by atoms with Crippen LogP contribution in [0.2, 0.25) is 0 Å². The highest BCUT2D eigenvalue weighted by molar-refractivity contribution is 5.98. The Morgan fingerprint density at radius 2 is 2.00 bits per heavy atom. The minimum Gasteiger partial charge on any atom is -0.481 e. The highest BCUT2D eigenvalue weighted by Crippen LogP contribution is 2.18. The van der Waals surface area contributed by atoms with E-state index in [2.05, 4.69) is 26.3 Å². The third kappa shape index (κ3) is 6.35. The first-order valence-corrected chi connectivity index (χ1v) is 8.65. The van der Waals surface area contributed by atoms with Crippen molar-refractivity contribution in [3.63, 3.8) is 0 Å². The quantitative estimate of drug-likeness (QED) is 0.477. The molecule has 0 radical (unpaired) electrons. The summed E-state index contributed by atoms with van der Waals surface area (Å²) in [5.74, 6) is 1.15. The molecular weight excluding hydrogens is 324 g/mol. The van der Waals surface area contributed by atoms with Gasteiger partial charge >= 0.3 is 6.03 Å². The first kappa shape index (κ1) is 19.2. The van der Waals surface area contributed by atoms with E-state index in [1.807, 2.05) is 0 Å². The summed E-state index contributed by atoms with van der Waals surface area (Å²) in [5.41, 5.74) is 1.06. The molecule has 1 saturated heterocycles. The third-order valence-electron chi connectivity index (χ3n) is 4.07. The zero-order valence-electron chi connectivity index (χ0n) is 15.0. The molecule has 2 aliphatic heterocycles. The van der Waals surface area contributed by atoms with Gasteiger partial charge < -0.3 is 25.6 Å². The molecule has 0 aromatic heterocycles. The van der Waals surface area contributed by atoms with E-state index in [4.69, 9.17) is 4.74 Å². The summed E-state index contributed by atoms with van der Waals surface area (Å²) in [5, 5.41) is 12.1. The number of aliphatic imine (C=N–C) groups is 1. The molecule has 0 aromatic carbocycles. The Morgan fingerprint density at radius 3 is 2.68 bits per heavy atom. The molecule has 2 heterocycles. The van der Waals surface area contributed by atoms with Crippen molar-refractivity contribution < 1.29 is 14.3 Å². The number of ether oxygens (including phenoxy) is 1. The van der Waals surface area contributed by atoms with E-state index in [-0.39, 0.29) is 11.9 Å². The number of urea groups is 1. The van der Waals surface area contributed by atoms with Crippen LogP contribution in [-0.4, -0.2) is 75.6 Å². The van der Waals surface area contributed by atoms with Crippen molar-refractivity contribution in [2.24, 2.45) is 4.99 Å². The number of nitrogens with one attached hydrogen (secondary N) is 4. The number of rotatable bonds is 6. The third-order valence-corrected chi connectivity index (χ3v) is 4.07. The van der Waals surface area contributed by atoms with Crippen LogP contribution in [0.5, 0.6) is 0 Å². The molecule has 0 unspecified atom stereocenters. The molecule has 4 N–H and O–H groups in total. The van der Waals surface area contributed by atoms with Crippen LogP contribution in [0.4, 0.5) is 4.79 Å². The van der Waals surface area contributed by atoms with Crippen LogP contribution in [0.1, 0.15) is 19.8 Å². The standard InChI is InChI=1S/C16H28N6O3/c1-12(23)19-6-5-18-11-13-3-4-14(20-15(13)25-2)21-16(24)22-9-7-17-8-10-22/h17-18H,3-11H2,1-2H3,(H,19,23)(H,20,21,24). The van der Waals surface area contributed by atoms with Gasteiger partial charge in [-0.3, -0.25) is 10.1 Å². The van der Waals surface area contributed by atoms with Crippen LogP contribution >= 0.6 is 0 Å². The van der Waals surface area contributed by atoms with Gasteiger partial charge in [0, 0.05) is 64.7 Å². The molecule has 0 saturated carbocycles. The molecule has 1 fully saturated rings. The summed E-state index contributed by atoms with van der Waals surface area (Å²) in [6.45, 7) is 6.44. The lowest BCUT2D eigenvalue weighted by Gasteiger charge is -2.28. The van der Waals surface area contributed by atoms with Crippen LogP contribution in [0.3, 0.4) is 0 Å². The minimum absolute atomic E-state index is 0.0364. The molecule has 0 bridgehead atoms. The number of amidine groups is 1. The lowest BCUT2D eigenvalue weighted by Crippen LogP contribution is -2.51. The van der Waals surface area contributed by atoms with E-state index >= 15 is 0 Å². The van der Waals surface area contributed by atoms with Crippen molar-refractivity contribution in [2.75, 3.05) is 52.9 Å². The van der Waals surface area contributed by atoms with Gasteiger partial charge in [-0.1, -0.05) is 0 Å². The highest BCUT2D eigenvalue weighted by Gasteiger charge is 2.21. The summed E-state index contributed by atoms with van der Waals surface area (Å²) in [6.07, 6.45) is 1.45. The van der Waals surface area contributed by atoms with E-state index in [1.54, 1.807) is 12.0 Å². The molecular formula is C16H28N6O3. The van der Waals surface area contributed by atoms with E-state index in [9.17, 15) is 9.59 Å². The maximum atomic E-state index is 12.2. The number of carbonyl (C=O) groups is 2. The van der Waals surface area contributed by atoms with Crippen molar-refractivity contribution in [2.45, 2.75) is 19.8 Å². The smallest absolute Gasteiger partial charge is 0.322 e. The number of methoxy groups -OCH3 is 1. The fourth-order valence-corrected chi connectivity index (χ4v) is 2.71. The van der Waals surface area contributed by atoms with Gasteiger partial charge in [0.1, 0.15) is 5.84 Å². The van der Waals surface area contributed by atoms with Crippen LogP contribution in [0, 0.1) is 0 Å². The molecule has 0 atom stereocenters. The lowest BCUT2D eigenvalue weighted by atomic mass is 10.1. The van der Waals surface area contributed by atoms with Gasteiger partial charge in [0.05, 0.1) is 7.11 Å². The Hall–Kier alpha value is -2.13. The van der Waals surface area contributed by atoms with Gasteiger partial charge in [-0.15, -0.1) is 0 Å². The largest absolute Gasteiger partial charge is 0.481 e. The zero-order chi connectivity index (χ0) is 18.1. The maximum Gasteiger partial charge on any atom is 0.322 e. The van der Waals surface area contributed by atoms with Crippen LogP contribution in [0.15, 0.2) is 16.4 Å². The van der Waals surface area contributed by atoms with Crippen molar-refractivity contribution in [1.82, 2.24) is 26.2 Å². The van der Waals surface area contributed by atoms with Crippen LogP contribution in [0.25, 0.3) is 0 Å². The number of piperazine rings is 1. The summed E-state index contributed by atoms with van der Waals surface area (Å²) < 4.78 is 5.36. The summed E-state index contributed by atoms with van der Waals surface area (Å²) in [6, 6.07) is -0.104. The van der Waals surface area contributed by atoms with Gasteiger partial charge in [-0.2, -0.15) is 0 Å². The Bertz CT molecular complexity index is 540. The van der Waals surface area contributed by atoms with Gasteiger partial charge in [0.2, 0.25) is 11.8 Å². The van der Waals surface area contributed by atoms with Gasteiger partial charge in [0.25, 0.3) is 0 Å². The molecule has 2 rings (SSSR count). The van der Waals surface area contributed by atoms with Crippen molar-refractivity contribution in [3.8, 4) is 0 Å². The Balaban J connectivity index is 1.83. The molecule has 9 nitrogen and oxygen atoms in total. The minimum atomic E-state index is -0.104. The molecule has 140 valence electrons. The molecule has 9 heteroatoms. The molecule has 2 aliphatic rings. The summed E-state index contributed by atoms with van der Waals surface area (Å²) in [7, 11) is 1.58. The van der Waals surface area contributed by atoms with E-state index in [0.29, 0.717) is 50.9 Å². The molecule has 3 amide bonds. The SMILES string of the molecule is COC1=C(CNCCNC(C)=O)CCC(NC(=O)N2CCNCC2)=N1. The first-order valence-electron chi connectivity index (χ1n) is 8.65. The highest BCUT2D eigenvalue weighted by atomic mass is 16.5. The number of hydrogen-bond donors (Lipinski definition) is 4. The van der Waals surface area contributed by atoms with Crippen molar-refractivity contribution in [1.29, 1.82) is 0 Å². The number of nitrogens with zero attached hydrogens (tertiary/aromatic N) is 2. The monoisotopic (exact) mass is 352 g/mol. The summed E-state index contributed by atoms with van der Waals surface area (Å²) >= 11 is 0. The fraction of sp³-hybridized carbons (Fsp3) is 0.688. The van der Waals surface area contributed by atoms with Gasteiger partial charge in [-0.25, -0.2) is 9.79 Å². The van der Waals surface area contributed by atoms with E-state index in [0.717, 1.165) is 25.1 Å². The molecule has 0 aliphatic carbocycles. The average molecular weight is 352 g/mol. The zero-order valence-corrected chi connectivity index (χ0v) is 15.0. The van der Waals surface area contributed by atoms with Crippen molar-refractivity contribution >= 4 is 17.8 Å². The Kier molecular flexibility index (Phi) is 7.68. The predicted octanol–water partition coefficient (Wildman–Crippen LogP) is -0.623. The van der Waals surface area contributed by atoms with Crippen LogP contribution < -0.4 is 21.3 Å². The van der Waals surface area contributed by atoms with E-state index < -0.39 is 0 Å². The number of amides is 3. The Morgan fingerprint density at radius 1 is 1.24 bits per heavy atom. The van der Waals surface area contributed by atoms with E-state index in [1.165, 1.54) is 6.92 Å². The fourth-order valence-electron chi connectivity index (χ4n) is 2.71. The van der Waals surface area contributed by atoms with Crippen LogP contribution in [-0.2, 0) is 9.53 Å². The second-order valence-corrected chi connectivity index (χ2v) is 6.00. The lowest BCUT2D eigenvalue weighted by molar-refractivity contribution is -0.118. The molecule has 0 spiro atoms. The predicted molar refractivity (Wildman–Crippen MR) is 95.2 cm³/mol. The average Bonchev–Trinajstić information content (AvgIpc) is 2.62. The van der Waals surface area contributed by atoms with Gasteiger partial charge in [-0.05, 0) is 6.42 Å². The number of hydrogen-bond acceptors (Lipinski definition) is 6. The number of carbonyl (C=O) groups excluding carboxylic acids is 2.